The maximum Gasteiger partial charge on any atom is 0.0602 e. The van der Waals surface area contributed by atoms with Gasteiger partial charge in [-0.15, -0.1) is 0 Å². The second-order valence-corrected chi connectivity index (χ2v) is 5.85. The first kappa shape index (κ1) is 10.9. The highest BCUT2D eigenvalue weighted by Gasteiger charge is 2.36. The summed E-state index contributed by atoms with van der Waals surface area (Å²) < 4.78 is 0. The summed E-state index contributed by atoms with van der Waals surface area (Å²) >= 11 is 0. The molecule has 3 rings (SSSR count). The minimum Gasteiger partial charge on any atom is -0.397 e. The van der Waals surface area contributed by atoms with Crippen molar-refractivity contribution in [1.29, 1.82) is 0 Å². The quantitative estimate of drug-likeness (QED) is 0.751. The lowest BCUT2D eigenvalue weighted by atomic mass is 10.0. The minimum atomic E-state index is 0.927. The molecule has 17 heavy (non-hydrogen) atoms. The number of nitrogens with zero attached hydrogens (tertiary/aromatic N) is 1. The van der Waals surface area contributed by atoms with Gasteiger partial charge in [-0.3, -0.25) is 0 Å². The standard InChI is InChI=1S/C15H22N2/c1-10-6-14(16)15(7-11(10)2)17-8-12-4-3-5-13(12)9-17/h6-7,12-13H,3-5,8-9,16H2,1-2H3. The second kappa shape index (κ2) is 3.94. The van der Waals surface area contributed by atoms with Crippen LogP contribution in [0.25, 0.3) is 0 Å². The van der Waals surface area contributed by atoms with Crippen LogP contribution in [0.5, 0.6) is 0 Å². The normalized spacial score (nSPS) is 27.5. The van der Waals surface area contributed by atoms with Crippen LogP contribution in [0.15, 0.2) is 12.1 Å². The smallest absolute Gasteiger partial charge is 0.0602 e. The maximum atomic E-state index is 6.18. The van der Waals surface area contributed by atoms with E-state index in [9.17, 15) is 0 Å². The van der Waals surface area contributed by atoms with E-state index >= 15 is 0 Å². The number of fused-ring (bicyclic) bond motifs is 1. The van der Waals surface area contributed by atoms with Crippen LogP contribution in [-0.4, -0.2) is 13.1 Å². The number of nitrogen functional groups attached to an aromatic ring is 1. The molecule has 1 aliphatic heterocycles. The SMILES string of the molecule is Cc1cc(N)c(N2CC3CCCC3C2)cc1C. The Hall–Kier alpha value is -1.18. The van der Waals surface area contributed by atoms with Crippen molar-refractivity contribution in [3.63, 3.8) is 0 Å². The summed E-state index contributed by atoms with van der Waals surface area (Å²) in [6, 6.07) is 4.39. The number of rotatable bonds is 1. The van der Waals surface area contributed by atoms with Crippen LogP contribution in [0.4, 0.5) is 11.4 Å². The molecule has 2 heteroatoms. The number of hydrogen-bond donors (Lipinski definition) is 1. The summed E-state index contributed by atoms with van der Waals surface area (Å²) in [7, 11) is 0. The molecule has 1 aromatic carbocycles. The van der Waals surface area contributed by atoms with Crippen molar-refractivity contribution in [1.82, 2.24) is 0 Å². The molecule has 2 unspecified atom stereocenters. The van der Waals surface area contributed by atoms with Crippen LogP contribution in [0.3, 0.4) is 0 Å². The molecule has 2 nitrogen and oxygen atoms in total. The van der Waals surface area contributed by atoms with Gasteiger partial charge in [-0.2, -0.15) is 0 Å². The average molecular weight is 230 g/mol. The molecule has 0 amide bonds. The van der Waals surface area contributed by atoms with Crippen molar-refractivity contribution in [2.24, 2.45) is 11.8 Å². The van der Waals surface area contributed by atoms with E-state index in [1.807, 2.05) is 0 Å². The first-order valence-corrected chi connectivity index (χ1v) is 6.77. The predicted octanol–water partition coefficient (Wildman–Crippen LogP) is 3.12. The molecule has 1 aliphatic carbocycles. The Labute approximate surface area is 104 Å². The van der Waals surface area contributed by atoms with Crippen molar-refractivity contribution in [3.05, 3.63) is 23.3 Å². The van der Waals surface area contributed by atoms with Crippen LogP contribution in [0.2, 0.25) is 0 Å². The van der Waals surface area contributed by atoms with E-state index < -0.39 is 0 Å². The summed E-state index contributed by atoms with van der Waals surface area (Å²) in [5.41, 5.74) is 11.0. The minimum absolute atomic E-state index is 0.927. The molecule has 1 aromatic rings. The van der Waals surface area contributed by atoms with Crippen molar-refractivity contribution in [3.8, 4) is 0 Å². The Morgan fingerprint density at radius 2 is 1.65 bits per heavy atom. The molecule has 2 aliphatic rings. The van der Waals surface area contributed by atoms with E-state index in [4.69, 9.17) is 5.73 Å². The van der Waals surface area contributed by atoms with Gasteiger partial charge in [-0.25, -0.2) is 0 Å². The second-order valence-electron chi connectivity index (χ2n) is 5.85. The van der Waals surface area contributed by atoms with Gasteiger partial charge in [0.1, 0.15) is 0 Å². The first-order chi connectivity index (χ1) is 8.15. The summed E-state index contributed by atoms with van der Waals surface area (Å²) in [4.78, 5) is 2.51. The zero-order valence-corrected chi connectivity index (χ0v) is 10.9. The fourth-order valence-corrected chi connectivity index (χ4v) is 3.53. The summed E-state index contributed by atoms with van der Waals surface area (Å²) in [5, 5.41) is 0. The maximum absolute atomic E-state index is 6.18. The molecule has 1 heterocycles. The summed E-state index contributed by atoms with van der Waals surface area (Å²) in [6.45, 7) is 6.75. The van der Waals surface area contributed by atoms with Gasteiger partial charge in [0.05, 0.1) is 11.4 Å². The highest BCUT2D eigenvalue weighted by molar-refractivity contribution is 5.70. The van der Waals surface area contributed by atoms with E-state index in [-0.39, 0.29) is 0 Å². The molecule has 1 saturated carbocycles. The van der Waals surface area contributed by atoms with Gasteiger partial charge in [0.25, 0.3) is 0 Å². The number of nitrogens with two attached hydrogens (primary N) is 1. The van der Waals surface area contributed by atoms with Crippen molar-refractivity contribution < 1.29 is 0 Å². The highest BCUT2D eigenvalue weighted by atomic mass is 15.2. The van der Waals surface area contributed by atoms with Crippen molar-refractivity contribution in [2.45, 2.75) is 33.1 Å². The molecule has 0 radical (unpaired) electrons. The van der Waals surface area contributed by atoms with Crippen LogP contribution < -0.4 is 10.6 Å². The third-order valence-corrected chi connectivity index (χ3v) is 4.71. The third-order valence-electron chi connectivity index (χ3n) is 4.71. The molecule has 1 saturated heterocycles. The van der Waals surface area contributed by atoms with Crippen LogP contribution in [0.1, 0.15) is 30.4 Å². The Kier molecular flexibility index (Phi) is 2.53. The average Bonchev–Trinajstić information content (AvgIpc) is 2.83. The van der Waals surface area contributed by atoms with Gasteiger partial charge >= 0.3 is 0 Å². The molecule has 2 N–H and O–H groups in total. The molecule has 92 valence electrons. The Morgan fingerprint density at radius 3 is 2.29 bits per heavy atom. The zero-order chi connectivity index (χ0) is 12.0. The van der Waals surface area contributed by atoms with E-state index in [1.54, 1.807) is 0 Å². The molecular formula is C15H22N2. The number of hydrogen-bond acceptors (Lipinski definition) is 2. The number of anilines is 2. The Balaban J connectivity index is 1.88. The number of aryl methyl sites for hydroxylation is 2. The fraction of sp³-hybridized carbons (Fsp3) is 0.600. The van der Waals surface area contributed by atoms with Crippen LogP contribution in [0, 0.1) is 25.7 Å². The van der Waals surface area contributed by atoms with Crippen LogP contribution >= 0.6 is 0 Å². The van der Waals surface area contributed by atoms with Gasteiger partial charge in [-0.05, 0) is 61.8 Å². The van der Waals surface area contributed by atoms with Gasteiger partial charge in [0.2, 0.25) is 0 Å². The van der Waals surface area contributed by atoms with Crippen molar-refractivity contribution in [2.75, 3.05) is 23.7 Å². The lowest BCUT2D eigenvalue weighted by Gasteiger charge is -2.22. The fourth-order valence-electron chi connectivity index (χ4n) is 3.53. The highest BCUT2D eigenvalue weighted by Crippen LogP contribution is 2.41. The Morgan fingerprint density at radius 1 is 1.06 bits per heavy atom. The largest absolute Gasteiger partial charge is 0.397 e. The molecule has 0 bridgehead atoms. The third kappa shape index (κ3) is 1.80. The van der Waals surface area contributed by atoms with E-state index in [0.717, 1.165) is 17.5 Å². The summed E-state index contributed by atoms with van der Waals surface area (Å²) in [5.74, 6) is 1.85. The van der Waals surface area contributed by atoms with Crippen molar-refractivity contribution >= 4 is 11.4 Å². The van der Waals surface area contributed by atoms with Gasteiger partial charge < -0.3 is 10.6 Å². The molecule has 0 aromatic heterocycles. The molecule has 2 atom stereocenters. The Bertz CT molecular complexity index is 427. The molecular weight excluding hydrogens is 208 g/mol. The van der Waals surface area contributed by atoms with E-state index in [2.05, 4.69) is 30.9 Å². The lowest BCUT2D eigenvalue weighted by Crippen LogP contribution is -2.22. The van der Waals surface area contributed by atoms with E-state index in [1.165, 1.54) is 49.2 Å². The first-order valence-electron chi connectivity index (χ1n) is 6.77. The van der Waals surface area contributed by atoms with Crippen LogP contribution in [-0.2, 0) is 0 Å². The predicted molar refractivity (Wildman–Crippen MR) is 73.4 cm³/mol. The van der Waals surface area contributed by atoms with Gasteiger partial charge in [-0.1, -0.05) is 6.42 Å². The molecule has 0 spiro atoms. The monoisotopic (exact) mass is 230 g/mol. The van der Waals surface area contributed by atoms with Gasteiger partial charge in [0, 0.05) is 13.1 Å². The van der Waals surface area contributed by atoms with E-state index in [0.29, 0.717) is 0 Å². The molecule has 2 fully saturated rings. The lowest BCUT2D eigenvalue weighted by molar-refractivity contribution is 0.494. The topological polar surface area (TPSA) is 29.3 Å². The summed E-state index contributed by atoms with van der Waals surface area (Å²) in [6.07, 6.45) is 4.28. The number of benzene rings is 1. The van der Waals surface area contributed by atoms with Gasteiger partial charge in [0.15, 0.2) is 0 Å². The zero-order valence-electron chi connectivity index (χ0n) is 10.9.